The number of urea groups is 1. The molecule has 0 saturated carbocycles. The molecule has 0 unspecified atom stereocenters. The van der Waals surface area contributed by atoms with Crippen LogP contribution in [0, 0.1) is 13.8 Å². The molecule has 21 heteroatoms. The normalized spacial score (nSPS) is 12.4. The van der Waals surface area contributed by atoms with Crippen LogP contribution in [0.3, 0.4) is 0 Å². The van der Waals surface area contributed by atoms with Gasteiger partial charge in [-0.3, -0.25) is 18.5 Å². The van der Waals surface area contributed by atoms with E-state index in [0.717, 1.165) is 36.4 Å². The van der Waals surface area contributed by atoms with E-state index < -0.39 is 56.1 Å². The number of benzene rings is 6. The van der Waals surface area contributed by atoms with Crippen LogP contribution in [-0.4, -0.2) is 59.0 Å². The number of aromatic hydroxyl groups is 2. The zero-order chi connectivity index (χ0) is 41.0. The number of anilines is 4. The molecule has 2 amide bonds. The van der Waals surface area contributed by atoms with Crippen molar-refractivity contribution in [3.63, 3.8) is 0 Å². The van der Waals surface area contributed by atoms with Crippen molar-refractivity contribution in [2.75, 3.05) is 20.1 Å². The Morgan fingerprint density at radius 1 is 0.464 bits per heavy atom. The van der Waals surface area contributed by atoms with Gasteiger partial charge in [0.2, 0.25) is 0 Å². The lowest BCUT2D eigenvalue weighted by atomic mass is 10.1. The average molecular weight is 843 g/mol. The first-order chi connectivity index (χ1) is 26.0. The van der Waals surface area contributed by atoms with Gasteiger partial charge >= 0.3 is 6.03 Å². The molecule has 56 heavy (non-hydrogen) atoms. The molecule has 0 spiro atoms. The Morgan fingerprint density at radius 2 is 0.821 bits per heavy atom. The topological polar surface area (TPSA) is 283 Å². The minimum atomic E-state index is -4.71. The fourth-order valence-electron chi connectivity index (χ4n) is 5.82. The molecule has 0 fully saturated rings. The Hall–Kier alpha value is -5.97. The Kier molecular flexibility index (Phi) is 10.1. The lowest BCUT2D eigenvalue weighted by Crippen LogP contribution is -2.21. The predicted octanol–water partition coefficient (Wildman–Crippen LogP) is 5.76. The van der Waals surface area contributed by atoms with Crippen molar-refractivity contribution < 1.29 is 57.8 Å². The van der Waals surface area contributed by atoms with Crippen molar-refractivity contribution in [3.05, 3.63) is 108 Å². The van der Waals surface area contributed by atoms with Crippen molar-refractivity contribution in [1.82, 2.24) is 0 Å². The van der Waals surface area contributed by atoms with Gasteiger partial charge in [-0.1, -0.05) is 0 Å². The van der Waals surface area contributed by atoms with Gasteiger partial charge in [-0.2, -0.15) is 16.8 Å². The minimum absolute atomic E-state index is 0.0411. The van der Waals surface area contributed by atoms with Gasteiger partial charge in [0.05, 0.1) is 21.2 Å². The lowest BCUT2D eigenvalue weighted by Gasteiger charge is -2.16. The fourth-order valence-corrected chi connectivity index (χ4v) is 9.52. The molecule has 6 aromatic rings. The van der Waals surface area contributed by atoms with Crippen molar-refractivity contribution in [2.45, 2.75) is 33.4 Å². The van der Waals surface area contributed by atoms with E-state index in [4.69, 9.17) is 0 Å². The van der Waals surface area contributed by atoms with Gasteiger partial charge in [-0.05, 0) is 122 Å². The molecule has 0 heterocycles. The Bertz CT molecular complexity index is 2880. The summed E-state index contributed by atoms with van der Waals surface area (Å²) in [6.07, 6.45) is 0. The summed E-state index contributed by atoms with van der Waals surface area (Å²) in [6.45, 7) is 3.07. The van der Waals surface area contributed by atoms with E-state index in [1.807, 2.05) is 0 Å². The van der Waals surface area contributed by atoms with Crippen LogP contribution in [0.25, 0.3) is 21.5 Å². The van der Waals surface area contributed by atoms with Crippen LogP contribution in [0.15, 0.2) is 117 Å². The van der Waals surface area contributed by atoms with E-state index in [9.17, 15) is 57.8 Å². The highest BCUT2D eigenvalue weighted by Gasteiger charge is 2.23. The van der Waals surface area contributed by atoms with Gasteiger partial charge in [-0.15, -0.1) is 0 Å². The van der Waals surface area contributed by atoms with Gasteiger partial charge < -0.3 is 20.8 Å². The predicted molar refractivity (Wildman–Crippen MR) is 207 cm³/mol. The number of sulfonamides is 2. The molecular weight excluding hydrogens is 813 g/mol. The smallest absolute Gasteiger partial charge is 0.323 e. The third-order valence-electron chi connectivity index (χ3n) is 8.48. The summed E-state index contributed by atoms with van der Waals surface area (Å²) in [5.74, 6) is -0.635. The van der Waals surface area contributed by atoms with Gasteiger partial charge in [0.15, 0.2) is 0 Å². The summed E-state index contributed by atoms with van der Waals surface area (Å²) in [5.41, 5.74) is 1.02. The van der Waals surface area contributed by atoms with E-state index in [1.165, 1.54) is 74.5 Å². The van der Waals surface area contributed by atoms with Crippen LogP contribution in [0.4, 0.5) is 27.5 Å². The molecular formula is C35H30N4O13S4. The third kappa shape index (κ3) is 8.17. The van der Waals surface area contributed by atoms with E-state index in [1.54, 1.807) is 0 Å². The van der Waals surface area contributed by atoms with Gasteiger partial charge in [-0.25, -0.2) is 21.6 Å². The quantitative estimate of drug-likeness (QED) is 0.0763. The van der Waals surface area contributed by atoms with E-state index in [-0.39, 0.29) is 65.6 Å². The Morgan fingerprint density at radius 3 is 1.16 bits per heavy atom. The highest BCUT2D eigenvalue weighted by atomic mass is 32.2. The first-order valence-electron chi connectivity index (χ1n) is 15.8. The van der Waals surface area contributed by atoms with Crippen LogP contribution in [0.2, 0.25) is 0 Å². The maximum Gasteiger partial charge on any atom is 0.323 e. The molecule has 0 saturated heterocycles. The molecule has 0 aromatic heterocycles. The highest BCUT2D eigenvalue weighted by molar-refractivity contribution is 7.93. The Labute approximate surface area is 320 Å². The molecule has 0 bridgehead atoms. The van der Waals surface area contributed by atoms with Crippen molar-refractivity contribution in [2.24, 2.45) is 0 Å². The molecule has 6 rings (SSSR count). The largest absolute Gasteiger partial charge is 0.508 e. The highest BCUT2D eigenvalue weighted by Crippen LogP contribution is 2.35. The molecule has 0 atom stereocenters. The van der Waals surface area contributed by atoms with Crippen LogP contribution >= 0.6 is 0 Å². The van der Waals surface area contributed by atoms with Crippen molar-refractivity contribution in [3.8, 4) is 11.5 Å². The third-order valence-corrected chi connectivity index (χ3v) is 13.0. The molecule has 17 nitrogen and oxygen atoms in total. The molecule has 0 aliphatic heterocycles. The number of phenols is 2. The number of nitrogens with one attached hydrogen (secondary N) is 4. The Balaban J connectivity index is 1.17. The zero-order valence-corrected chi connectivity index (χ0v) is 32.1. The maximum atomic E-state index is 13.4. The first kappa shape index (κ1) is 39.7. The van der Waals surface area contributed by atoms with Gasteiger partial charge in [0.1, 0.15) is 21.3 Å². The van der Waals surface area contributed by atoms with Crippen LogP contribution in [0.5, 0.6) is 11.5 Å². The van der Waals surface area contributed by atoms with E-state index >= 15 is 0 Å². The summed E-state index contributed by atoms with van der Waals surface area (Å²) >= 11 is 0. The van der Waals surface area contributed by atoms with Crippen molar-refractivity contribution in [1.29, 1.82) is 0 Å². The van der Waals surface area contributed by atoms with E-state index in [0.29, 0.717) is 11.1 Å². The lowest BCUT2D eigenvalue weighted by molar-refractivity contribution is 0.262. The second-order valence-corrected chi connectivity index (χ2v) is 18.5. The summed E-state index contributed by atoms with van der Waals surface area (Å²) in [5, 5.41) is 24.9. The van der Waals surface area contributed by atoms with Crippen molar-refractivity contribution >= 4 is 90.6 Å². The number of carbonyl (C=O) groups is 1. The standard InChI is InChI=1S/C35H30N4O13S4/c1-19-15-23(53(43,44)38-31-11-13-33(55(47,48)49)27-17-21(40)3-7-25(27)31)5-9-29(19)36-35(42)37-30-10-6-24(16-20(30)2)54(45,46)39-32-12-14-34(56(50,51)52)28-18-22(41)4-8-26(28)32/h3-18,38-41H,1-2H3,(H2,36,37,42)(H,47,48,49)(H,50,51,52). The van der Waals surface area contributed by atoms with Gasteiger partial charge in [0.25, 0.3) is 40.3 Å². The maximum absolute atomic E-state index is 13.4. The summed E-state index contributed by atoms with van der Waals surface area (Å²) < 4.78 is 125. The van der Waals surface area contributed by atoms with Crippen LogP contribution in [-0.2, 0) is 40.3 Å². The number of amides is 2. The number of phenolic OH excluding ortho intramolecular Hbond substituents is 2. The second-order valence-electron chi connectivity index (χ2n) is 12.4. The number of hydrogen-bond donors (Lipinski definition) is 8. The summed E-state index contributed by atoms with van der Waals surface area (Å²) in [4.78, 5) is 11.5. The monoisotopic (exact) mass is 842 g/mol. The van der Waals surface area contributed by atoms with E-state index in [2.05, 4.69) is 20.1 Å². The summed E-state index contributed by atoms with van der Waals surface area (Å²) in [6, 6.07) is 18.3. The van der Waals surface area contributed by atoms with Crippen LogP contribution in [0.1, 0.15) is 11.1 Å². The number of rotatable bonds is 10. The fraction of sp³-hybridized carbons (Fsp3) is 0.0571. The van der Waals surface area contributed by atoms with Crippen LogP contribution < -0.4 is 20.1 Å². The SMILES string of the molecule is Cc1cc(S(=O)(=O)Nc2ccc(S(=O)(=O)O)c3cc(O)ccc23)ccc1NC(=O)Nc1ccc(S(=O)(=O)Nc2ccc(S(=O)(=O)O)c3cc(O)ccc23)cc1C. The number of hydrogen-bond acceptors (Lipinski definition) is 11. The molecule has 0 aliphatic carbocycles. The number of aryl methyl sites for hydroxylation is 2. The first-order valence-corrected chi connectivity index (χ1v) is 21.7. The molecule has 0 radical (unpaired) electrons. The minimum Gasteiger partial charge on any atom is -0.508 e. The number of fused-ring (bicyclic) bond motifs is 2. The average Bonchev–Trinajstić information content (AvgIpc) is 3.08. The second kappa shape index (κ2) is 14.3. The molecule has 292 valence electrons. The summed E-state index contributed by atoms with van der Waals surface area (Å²) in [7, 11) is -18.0. The molecule has 8 N–H and O–H groups in total. The van der Waals surface area contributed by atoms with Gasteiger partial charge in [0, 0.05) is 32.9 Å². The molecule has 6 aromatic carbocycles. The number of carbonyl (C=O) groups excluding carboxylic acids is 1. The molecule has 0 aliphatic rings. The zero-order valence-electron chi connectivity index (χ0n) is 28.8.